The number of ether oxygens (including phenoxy) is 2. The molecule has 0 radical (unpaired) electrons. The van der Waals surface area contributed by atoms with Crippen molar-refractivity contribution < 1.29 is 9.47 Å². The maximum Gasteiger partial charge on any atom is 0.119 e. The predicted octanol–water partition coefficient (Wildman–Crippen LogP) is 6.22. The molecule has 0 aromatic heterocycles. The number of hydrogen-bond acceptors (Lipinski definition) is 2. The second-order valence-corrected chi connectivity index (χ2v) is 7.18. The highest BCUT2D eigenvalue weighted by Crippen LogP contribution is 2.42. The van der Waals surface area contributed by atoms with Gasteiger partial charge in [-0.25, -0.2) is 0 Å². The van der Waals surface area contributed by atoms with Crippen LogP contribution in [0, 0.1) is 0 Å². The highest BCUT2D eigenvalue weighted by molar-refractivity contribution is 6.18. The predicted molar refractivity (Wildman–Crippen MR) is 116 cm³/mol. The van der Waals surface area contributed by atoms with E-state index in [0.717, 1.165) is 24.3 Å². The van der Waals surface area contributed by atoms with Gasteiger partial charge in [0.1, 0.15) is 18.1 Å². The van der Waals surface area contributed by atoms with E-state index in [9.17, 15) is 0 Å². The summed E-state index contributed by atoms with van der Waals surface area (Å²) in [6.07, 6.45) is 2.02. The summed E-state index contributed by atoms with van der Waals surface area (Å²) in [6.45, 7) is 0.515. The van der Waals surface area contributed by atoms with Gasteiger partial charge in [-0.3, -0.25) is 0 Å². The average Bonchev–Trinajstić information content (AvgIpc) is 2.77. The van der Waals surface area contributed by atoms with Gasteiger partial charge in [0.05, 0.1) is 13.0 Å². The first-order valence-corrected chi connectivity index (χ1v) is 10.1. The summed E-state index contributed by atoms with van der Waals surface area (Å²) < 4.78 is 11.1. The van der Waals surface area contributed by atoms with Gasteiger partial charge >= 0.3 is 0 Å². The molecule has 4 rings (SSSR count). The molecule has 0 unspecified atom stereocenters. The van der Waals surface area contributed by atoms with Gasteiger partial charge in [0.2, 0.25) is 0 Å². The lowest BCUT2D eigenvalue weighted by molar-refractivity contribution is 0.343. The number of hydrogen-bond donors (Lipinski definition) is 0. The molecule has 28 heavy (non-hydrogen) atoms. The number of rotatable bonds is 6. The molecule has 0 fully saturated rings. The van der Waals surface area contributed by atoms with Gasteiger partial charge in [-0.1, -0.05) is 48.5 Å². The number of aryl methyl sites for hydroxylation is 1. The summed E-state index contributed by atoms with van der Waals surface area (Å²) in [5.41, 5.74) is 7.76. The minimum absolute atomic E-state index is 0.486. The van der Waals surface area contributed by atoms with Gasteiger partial charge in [0.25, 0.3) is 0 Å². The Balaban J connectivity index is 1.83. The molecule has 3 aromatic carbocycles. The SMILES string of the molecule is COc1ccc2c(c1)CCC(c1ccccc1)=C2c1ccc(OCCCl)cc1. The normalized spacial score (nSPS) is 13.2. The molecule has 0 N–H and O–H groups in total. The van der Waals surface area contributed by atoms with E-state index >= 15 is 0 Å². The van der Waals surface area contributed by atoms with E-state index in [1.807, 2.05) is 18.2 Å². The van der Waals surface area contributed by atoms with Crippen molar-refractivity contribution in [2.24, 2.45) is 0 Å². The van der Waals surface area contributed by atoms with Crippen LogP contribution in [0.4, 0.5) is 0 Å². The summed E-state index contributed by atoms with van der Waals surface area (Å²) in [5, 5.41) is 0. The summed E-state index contributed by atoms with van der Waals surface area (Å²) in [7, 11) is 1.72. The topological polar surface area (TPSA) is 18.5 Å². The Labute approximate surface area is 171 Å². The van der Waals surface area contributed by atoms with Gasteiger partial charge in [-0.05, 0) is 70.5 Å². The van der Waals surface area contributed by atoms with Gasteiger partial charge < -0.3 is 9.47 Å². The van der Waals surface area contributed by atoms with E-state index in [1.165, 1.54) is 33.4 Å². The Hall–Kier alpha value is -2.71. The van der Waals surface area contributed by atoms with Crippen LogP contribution in [-0.4, -0.2) is 19.6 Å². The zero-order valence-electron chi connectivity index (χ0n) is 16.0. The monoisotopic (exact) mass is 390 g/mol. The molecule has 142 valence electrons. The molecule has 1 aliphatic rings. The number of allylic oxidation sites excluding steroid dienone is 1. The van der Waals surface area contributed by atoms with E-state index in [2.05, 4.69) is 54.6 Å². The zero-order chi connectivity index (χ0) is 19.3. The first kappa shape index (κ1) is 18.6. The van der Waals surface area contributed by atoms with Crippen LogP contribution in [0.3, 0.4) is 0 Å². The minimum atomic E-state index is 0.486. The van der Waals surface area contributed by atoms with Gasteiger partial charge in [0.15, 0.2) is 0 Å². The Morgan fingerprint density at radius 2 is 1.57 bits per heavy atom. The Morgan fingerprint density at radius 1 is 0.821 bits per heavy atom. The average molecular weight is 391 g/mol. The van der Waals surface area contributed by atoms with Crippen molar-refractivity contribution in [2.45, 2.75) is 12.8 Å². The molecule has 0 saturated carbocycles. The maximum atomic E-state index is 5.73. The van der Waals surface area contributed by atoms with E-state index in [-0.39, 0.29) is 0 Å². The summed E-state index contributed by atoms with van der Waals surface area (Å²) in [6, 6.07) is 25.4. The van der Waals surface area contributed by atoms with Gasteiger partial charge in [0, 0.05) is 0 Å². The fraction of sp³-hybridized carbons (Fsp3) is 0.200. The first-order chi connectivity index (χ1) is 13.8. The van der Waals surface area contributed by atoms with Crippen molar-refractivity contribution in [1.82, 2.24) is 0 Å². The third-order valence-electron chi connectivity index (χ3n) is 5.14. The number of fused-ring (bicyclic) bond motifs is 1. The summed E-state index contributed by atoms with van der Waals surface area (Å²) in [4.78, 5) is 0. The van der Waals surface area contributed by atoms with Gasteiger partial charge in [-0.2, -0.15) is 0 Å². The second kappa shape index (κ2) is 8.53. The molecule has 2 nitrogen and oxygen atoms in total. The zero-order valence-corrected chi connectivity index (χ0v) is 16.7. The Morgan fingerprint density at radius 3 is 2.29 bits per heavy atom. The standard InChI is InChI=1S/C25H23ClO2/c1-27-22-12-14-24-20(17-22)9-13-23(18-5-3-2-4-6-18)25(24)19-7-10-21(11-8-19)28-16-15-26/h2-8,10-12,14,17H,9,13,15-16H2,1H3. The van der Waals surface area contributed by atoms with Crippen LogP contribution in [0.25, 0.3) is 11.1 Å². The molecule has 0 saturated heterocycles. The number of benzene rings is 3. The Bertz CT molecular complexity index is 975. The van der Waals surface area contributed by atoms with Crippen molar-refractivity contribution in [1.29, 1.82) is 0 Å². The van der Waals surface area contributed by atoms with Gasteiger partial charge in [-0.15, -0.1) is 11.6 Å². The van der Waals surface area contributed by atoms with Crippen LogP contribution in [0.5, 0.6) is 11.5 Å². The number of methoxy groups -OCH3 is 1. The molecule has 0 heterocycles. The van der Waals surface area contributed by atoms with Crippen molar-refractivity contribution in [3.63, 3.8) is 0 Å². The number of halogens is 1. The van der Waals surface area contributed by atoms with Crippen LogP contribution in [-0.2, 0) is 6.42 Å². The lowest BCUT2D eigenvalue weighted by Gasteiger charge is -2.25. The third-order valence-corrected chi connectivity index (χ3v) is 5.29. The molecule has 0 amide bonds. The fourth-order valence-electron chi connectivity index (χ4n) is 3.83. The molecule has 0 bridgehead atoms. The van der Waals surface area contributed by atoms with Crippen molar-refractivity contribution in [2.75, 3.05) is 19.6 Å². The highest BCUT2D eigenvalue weighted by Gasteiger charge is 2.22. The third kappa shape index (κ3) is 3.79. The molecular weight excluding hydrogens is 368 g/mol. The fourth-order valence-corrected chi connectivity index (χ4v) is 3.90. The van der Waals surface area contributed by atoms with Crippen LogP contribution < -0.4 is 9.47 Å². The maximum absolute atomic E-state index is 5.73. The van der Waals surface area contributed by atoms with E-state index in [1.54, 1.807) is 7.11 Å². The van der Waals surface area contributed by atoms with Crippen LogP contribution in [0.2, 0.25) is 0 Å². The first-order valence-electron chi connectivity index (χ1n) is 9.55. The van der Waals surface area contributed by atoms with E-state index in [0.29, 0.717) is 12.5 Å². The molecule has 0 aliphatic heterocycles. The molecule has 1 aliphatic carbocycles. The smallest absolute Gasteiger partial charge is 0.119 e. The Kier molecular flexibility index (Phi) is 5.68. The molecule has 0 atom stereocenters. The van der Waals surface area contributed by atoms with Crippen LogP contribution in [0.1, 0.15) is 28.7 Å². The van der Waals surface area contributed by atoms with E-state index in [4.69, 9.17) is 21.1 Å². The number of alkyl halides is 1. The van der Waals surface area contributed by atoms with E-state index < -0.39 is 0 Å². The van der Waals surface area contributed by atoms with Crippen molar-refractivity contribution in [3.8, 4) is 11.5 Å². The highest BCUT2D eigenvalue weighted by atomic mass is 35.5. The summed E-state index contributed by atoms with van der Waals surface area (Å²) in [5.74, 6) is 2.24. The lowest BCUT2D eigenvalue weighted by atomic mass is 9.79. The second-order valence-electron chi connectivity index (χ2n) is 6.80. The molecule has 3 heteroatoms. The lowest BCUT2D eigenvalue weighted by Crippen LogP contribution is -2.06. The molecular formula is C25H23ClO2. The van der Waals surface area contributed by atoms with Crippen LogP contribution in [0.15, 0.2) is 72.8 Å². The molecule has 0 spiro atoms. The van der Waals surface area contributed by atoms with Crippen LogP contribution >= 0.6 is 11.6 Å². The van der Waals surface area contributed by atoms with Crippen molar-refractivity contribution >= 4 is 22.7 Å². The summed E-state index contributed by atoms with van der Waals surface area (Å²) >= 11 is 5.73. The largest absolute Gasteiger partial charge is 0.497 e. The quantitative estimate of drug-likeness (QED) is 0.465. The van der Waals surface area contributed by atoms with Crippen molar-refractivity contribution in [3.05, 3.63) is 95.1 Å². The minimum Gasteiger partial charge on any atom is -0.497 e. The molecule has 3 aromatic rings.